The minimum Gasteiger partial charge on any atom is -0.365 e. The number of amides is 1. The van der Waals surface area contributed by atoms with Crippen molar-refractivity contribution in [2.24, 2.45) is 5.73 Å². The van der Waals surface area contributed by atoms with Crippen molar-refractivity contribution >= 4 is 11.6 Å². The molecule has 0 aliphatic rings. The molecule has 10 heteroatoms. The molecule has 1 amide bonds. The van der Waals surface area contributed by atoms with Crippen LogP contribution in [0, 0.1) is 5.82 Å². The second-order valence-corrected chi connectivity index (χ2v) is 4.84. The normalized spacial score (nSPS) is 11.8. The monoisotopic (exact) mass is 340 g/mol. The first-order valence-electron chi connectivity index (χ1n) is 6.47. The molecule has 6 nitrogen and oxygen atoms in total. The molecule has 0 saturated heterocycles. The Morgan fingerprint density at radius 2 is 2.00 bits per heavy atom. The van der Waals surface area contributed by atoms with Crippen molar-refractivity contribution in [2.45, 2.75) is 6.18 Å². The first-order valence-corrected chi connectivity index (χ1v) is 6.47. The third-order valence-corrected chi connectivity index (χ3v) is 3.39. The van der Waals surface area contributed by atoms with Gasteiger partial charge in [-0.2, -0.15) is 13.2 Å². The van der Waals surface area contributed by atoms with E-state index in [0.717, 1.165) is 29.0 Å². The van der Waals surface area contributed by atoms with Crippen molar-refractivity contribution in [1.29, 1.82) is 0 Å². The summed E-state index contributed by atoms with van der Waals surface area (Å²) in [5.74, 6) is -2.60. The van der Waals surface area contributed by atoms with Crippen LogP contribution in [0.3, 0.4) is 0 Å². The highest BCUT2D eigenvalue weighted by molar-refractivity contribution is 5.99. The Kier molecular flexibility index (Phi) is 3.39. The van der Waals surface area contributed by atoms with Crippen LogP contribution >= 0.6 is 0 Å². The summed E-state index contributed by atoms with van der Waals surface area (Å²) in [7, 11) is 0. The average molecular weight is 340 g/mol. The van der Waals surface area contributed by atoms with Gasteiger partial charge in [-0.3, -0.25) is 14.7 Å². The second kappa shape index (κ2) is 5.18. The molecule has 2 heterocycles. The van der Waals surface area contributed by atoms with E-state index in [-0.39, 0.29) is 11.3 Å². The summed E-state index contributed by atoms with van der Waals surface area (Å²) in [6.45, 7) is 0. The summed E-state index contributed by atoms with van der Waals surface area (Å²) in [5.41, 5.74) is 1.41. The molecule has 0 aliphatic heterocycles. The number of primary amides is 1. The van der Waals surface area contributed by atoms with Crippen molar-refractivity contribution in [3.05, 3.63) is 57.8 Å². The van der Waals surface area contributed by atoms with Gasteiger partial charge in [0.2, 0.25) is 0 Å². The van der Waals surface area contributed by atoms with Crippen LogP contribution in [0.25, 0.3) is 16.9 Å². The highest BCUT2D eigenvalue weighted by Gasteiger charge is 2.35. The molecule has 124 valence electrons. The van der Waals surface area contributed by atoms with Gasteiger partial charge in [-0.15, -0.1) is 0 Å². The van der Waals surface area contributed by atoms with E-state index < -0.39 is 40.0 Å². The molecule has 3 rings (SSSR count). The number of hydrogen-bond donors (Lipinski definition) is 2. The number of nitrogens with zero attached hydrogens (tertiary/aromatic N) is 2. The number of aromatic amines is 1. The van der Waals surface area contributed by atoms with Crippen LogP contribution in [0.2, 0.25) is 0 Å². The van der Waals surface area contributed by atoms with Crippen LogP contribution in [0.15, 0.2) is 35.4 Å². The third kappa shape index (κ3) is 2.32. The van der Waals surface area contributed by atoms with E-state index >= 15 is 0 Å². The molecular weight excluding hydrogens is 332 g/mol. The molecule has 2 aromatic heterocycles. The number of hydrogen-bond acceptors (Lipinski definition) is 3. The minimum atomic E-state index is -4.90. The standard InChI is InChI=1S/C14H8F4N4O2/c15-11-6(2-1-3-7(11)14(16,17)18)8-4-9(23)10(12(19)24)13-20-5-21-22(8)13/h1-5H,(H2,19,24)(H,20,21). The van der Waals surface area contributed by atoms with Crippen molar-refractivity contribution < 1.29 is 22.4 Å². The Bertz CT molecular complexity index is 1020. The fraction of sp³-hybridized carbons (Fsp3) is 0.0714. The van der Waals surface area contributed by atoms with E-state index in [1.54, 1.807) is 0 Å². The highest BCUT2D eigenvalue weighted by atomic mass is 19.4. The number of H-pyrrole nitrogens is 1. The summed E-state index contributed by atoms with van der Waals surface area (Å²) >= 11 is 0. The number of aromatic nitrogens is 3. The van der Waals surface area contributed by atoms with Crippen LogP contribution in [-0.4, -0.2) is 20.5 Å². The van der Waals surface area contributed by atoms with Gasteiger partial charge in [0, 0.05) is 11.6 Å². The Labute approximate surface area is 130 Å². The van der Waals surface area contributed by atoms with Gasteiger partial charge in [0.25, 0.3) is 5.91 Å². The van der Waals surface area contributed by atoms with Gasteiger partial charge in [-0.25, -0.2) is 13.9 Å². The number of rotatable bonds is 2. The smallest absolute Gasteiger partial charge is 0.365 e. The SMILES string of the molecule is NC(=O)c1c(=O)cc(-c2cccc(C(F)(F)F)c2F)n2[nH]cnc12. The number of nitrogens with one attached hydrogen (secondary N) is 1. The van der Waals surface area contributed by atoms with Gasteiger partial charge in [-0.1, -0.05) is 6.07 Å². The van der Waals surface area contributed by atoms with E-state index in [1.807, 2.05) is 0 Å². The van der Waals surface area contributed by atoms with Crippen molar-refractivity contribution in [3.63, 3.8) is 0 Å². The van der Waals surface area contributed by atoms with E-state index in [0.29, 0.717) is 6.07 Å². The van der Waals surface area contributed by atoms with Crippen LogP contribution < -0.4 is 11.2 Å². The van der Waals surface area contributed by atoms with Crippen LogP contribution in [0.5, 0.6) is 0 Å². The lowest BCUT2D eigenvalue weighted by molar-refractivity contribution is -0.139. The Morgan fingerprint density at radius 1 is 1.29 bits per heavy atom. The van der Waals surface area contributed by atoms with E-state index in [1.165, 1.54) is 0 Å². The minimum absolute atomic E-state index is 0.207. The molecule has 3 N–H and O–H groups in total. The Balaban J connectivity index is 2.37. The molecule has 3 aromatic rings. The van der Waals surface area contributed by atoms with E-state index in [9.17, 15) is 27.2 Å². The molecule has 0 bridgehead atoms. The first-order chi connectivity index (χ1) is 11.2. The number of pyridine rings is 1. The van der Waals surface area contributed by atoms with Crippen LogP contribution in [0.1, 0.15) is 15.9 Å². The second-order valence-electron chi connectivity index (χ2n) is 4.84. The molecule has 0 saturated carbocycles. The van der Waals surface area contributed by atoms with Crippen molar-refractivity contribution in [1.82, 2.24) is 14.6 Å². The van der Waals surface area contributed by atoms with Gasteiger partial charge in [0.05, 0.1) is 11.3 Å². The number of alkyl halides is 3. The maximum atomic E-state index is 14.3. The molecule has 1 aromatic carbocycles. The maximum Gasteiger partial charge on any atom is 0.419 e. The number of carbonyl (C=O) groups excluding carboxylic acids is 1. The average Bonchev–Trinajstić information content (AvgIpc) is 2.94. The highest BCUT2D eigenvalue weighted by Crippen LogP contribution is 2.35. The maximum absolute atomic E-state index is 14.3. The van der Waals surface area contributed by atoms with Crippen molar-refractivity contribution in [3.8, 4) is 11.3 Å². The number of halogens is 4. The van der Waals surface area contributed by atoms with Gasteiger partial charge < -0.3 is 5.73 Å². The zero-order chi connectivity index (χ0) is 17.6. The van der Waals surface area contributed by atoms with Gasteiger partial charge in [0.15, 0.2) is 11.1 Å². The summed E-state index contributed by atoms with van der Waals surface area (Å²) in [6.07, 6.45) is -3.80. The molecule has 0 fully saturated rings. The number of benzene rings is 1. The molecule has 0 aliphatic carbocycles. The fourth-order valence-corrected chi connectivity index (χ4v) is 2.38. The van der Waals surface area contributed by atoms with E-state index in [2.05, 4.69) is 10.1 Å². The molecule has 0 unspecified atom stereocenters. The van der Waals surface area contributed by atoms with Gasteiger partial charge in [-0.05, 0) is 12.1 Å². The number of carbonyl (C=O) groups is 1. The zero-order valence-electron chi connectivity index (χ0n) is 11.7. The van der Waals surface area contributed by atoms with Crippen molar-refractivity contribution in [2.75, 3.05) is 0 Å². The summed E-state index contributed by atoms with van der Waals surface area (Å²) in [5, 5.41) is 2.51. The molecule has 0 radical (unpaired) electrons. The topological polar surface area (TPSA) is 93.3 Å². The molecule has 24 heavy (non-hydrogen) atoms. The fourth-order valence-electron chi connectivity index (χ4n) is 2.38. The van der Waals surface area contributed by atoms with Gasteiger partial charge >= 0.3 is 6.18 Å². The molecule has 0 atom stereocenters. The third-order valence-electron chi connectivity index (χ3n) is 3.39. The number of nitrogens with two attached hydrogens (primary N) is 1. The molecule has 0 spiro atoms. The summed E-state index contributed by atoms with van der Waals surface area (Å²) in [4.78, 5) is 27.2. The lowest BCUT2D eigenvalue weighted by atomic mass is 10.0. The van der Waals surface area contributed by atoms with Crippen LogP contribution in [-0.2, 0) is 6.18 Å². The lowest BCUT2D eigenvalue weighted by Gasteiger charge is -2.12. The van der Waals surface area contributed by atoms with Crippen LogP contribution in [0.4, 0.5) is 17.6 Å². The summed E-state index contributed by atoms with van der Waals surface area (Å²) in [6, 6.07) is 3.50. The summed E-state index contributed by atoms with van der Waals surface area (Å²) < 4.78 is 53.9. The Hall–Kier alpha value is -3.17. The quantitative estimate of drug-likeness (QED) is 0.698. The van der Waals surface area contributed by atoms with Gasteiger partial charge in [0.1, 0.15) is 17.7 Å². The first kappa shape index (κ1) is 15.7. The van der Waals surface area contributed by atoms with E-state index in [4.69, 9.17) is 5.73 Å². The number of fused-ring (bicyclic) bond motifs is 1. The predicted octanol–water partition coefficient (Wildman–Crippen LogP) is 1.95. The molecular formula is C14H8F4N4O2. The zero-order valence-corrected chi connectivity index (χ0v) is 11.7. The Morgan fingerprint density at radius 3 is 2.62 bits per heavy atom. The lowest BCUT2D eigenvalue weighted by Crippen LogP contribution is -2.24. The predicted molar refractivity (Wildman–Crippen MR) is 74.7 cm³/mol. The largest absolute Gasteiger partial charge is 0.419 e.